The molecule has 9 nitrogen and oxygen atoms in total. The second-order valence-electron chi connectivity index (χ2n) is 9.65. The molecule has 4 rings (SSSR count). The molecule has 4 N–H and O–H groups in total. The van der Waals surface area contributed by atoms with Crippen molar-refractivity contribution >= 4 is 17.5 Å². The number of halogens is 4. The summed E-state index contributed by atoms with van der Waals surface area (Å²) < 4.78 is 54.1. The topological polar surface area (TPSA) is 120 Å². The van der Waals surface area contributed by atoms with E-state index in [1.165, 1.54) is 18.5 Å². The van der Waals surface area contributed by atoms with Crippen molar-refractivity contribution in [3.63, 3.8) is 0 Å². The highest BCUT2D eigenvalue weighted by atomic mass is 19.4. The van der Waals surface area contributed by atoms with Gasteiger partial charge < -0.3 is 21.1 Å². The van der Waals surface area contributed by atoms with Crippen LogP contribution in [0.4, 0.5) is 29.2 Å². The highest BCUT2D eigenvalue weighted by Gasteiger charge is 2.35. The Hall–Kier alpha value is -3.84. The number of pyridine rings is 1. The fraction of sp³-hybridized carbons (Fsp3) is 0.407. The number of aromatic nitrogens is 3. The molecule has 1 aliphatic rings. The van der Waals surface area contributed by atoms with E-state index in [2.05, 4.69) is 20.3 Å². The van der Waals surface area contributed by atoms with Crippen LogP contribution in [0.25, 0.3) is 0 Å². The number of nitrogens with one attached hydrogen (secondary N) is 1. The number of anilines is 2. The van der Waals surface area contributed by atoms with Crippen LogP contribution in [0.5, 0.6) is 0 Å². The molecule has 1 fully saturated rings. The van der Waals surface area contributed by atoms with E-state index in [0.717, 1.165) is 12.1 Å². The molecule has 3 aromatic rings. The normalized spacial score (nSPS) is 18.8. The molecule has 1 aromatic carbocycles. The fourth-order valence-electron chi connectivity index (χ4n) is 4.87. The Kier molecular flexibility index (Phi) is 9.15. The summed E-state index contributed by atoms with van der Waals surface area (Å²) in [5, 5.41) is 13.8. The first-order valence-electron chi connectivity index (χ1n) is 12.8. The molecule has 1 aliphatic heterocycles. The number of amides is 1. The Bertz CT molecular complexity index is 1280. The molecule has 0 aliphatic carbocycles. The predicted molar refractivity (Wildman–Crippen MR) is 141 cm³/mol. The number of nitrogens with zero attached hydrogens (tertiary/aromatic N) is 5. The molecule has 1 amide bonds. The monoisotopic (exact) mass is 561 g/mol. The van der Waals surface area contributed by atoms with Crippen LogP contribution in [0.1, 0.15) is 36.1 Å². The molecule has 40 heavy (non-hydrogen) atoms. The van der Waals surface area contributed by atoms with Crippen molar-refractivity contribution in [2.24, 2.45) is 11.7 Å². The van der Waals surface area contributed by atoms with Crippen LogP contribution in [0.3, 0.4) is 0 Å². The number of aliphatic hydroxyl groups excluding tert-OH is 1. The Morgan fingerprint density at radius 2 is 1.90 bits per heavy atom. The summed E-state index contributed by atoms with van der Waals surface area (Å²) in [6.45, 7) is 3.21. The van der Waals surface area contributed by atoms with Gasteiger partial charge in [-0.15, -0.1) is 0 Å². The number of primary amides is 1. The SMILES string of the molecule is CCN(Cc1ccc(C(F)(F)F)cc1)c1ncnc(NC[C@H]2CCN([C@@H](C(N)=O)c3ccncc3)C[C@@H]2O)c1F. The number of nitrogens with two attached hydrogens (primary N) is 1. The molecule has 1 saturated heterocycles. The molecule has 0 bridgehead atoms. The number of rotatable bonds is 10. The van der Waals surface area contributed by atoms with Crippen LogP contribution in [0.15, 0.2) is 55.1 Å². The molecule has 214 valence electrons. The Morgan fingerprint density at radius 1 is 1.20 bits per heavy atom. The smallest absolute Gasteiger partial charge is 0.391 e. The molecule has 0 radical (unpaired) electrons. The number of carbonyl (C=O) groups is 1. The molecule has 0 unspecified atom stereocenters. The van der Waals surface area contributed by atoms with Crippen molar-refractivity contribution in [3.8, 4) is 0 Å². The third-order valence-electron chi connectivity index (χ3n) is 7.05. The first-order valence-corrected chi connectivity index (χ1v) is 12.8. The van der Waals surface area contributed by atoms with Crippen LogP contribution in [0.2, 0.25) is 0 Å². The molecular weight excluding hydrogens is 530 g/mol. The Labute approximate surface area is 229 Å². The largest absolute Gasteiger partial charge is 0.416 e. The van der Waals surface area contributed by atoms with Crippen LogP contribution in [-0.2, 0) is 17.5 Å². The Balaban J connectivity index is 1.39. The van der Waals surface area contributed by atoms with Gasteiger partial charge in [-0.3, -0.25) is 14.7 Å². The van der Waals surface area contributed by atoms with Gasteiger partial charge in [0.25, 0.3) is 0 Å². The maximum atomic E-state index is 15.4. The van der Waals surface area contributed by atoms with E-state index in [4.69, 9.17) is 5.73 Å². The summed E-state index contributed by atoms with van der Waals surface area (Å²) in [5.74, 6) is -1.50. The summed E-state index contributed by atoms with van der Waals surface area (Å²) in [6.07, 6.45) is -0.353. The average Bonchev–Trinajstić information content (AvgIpc) is 2.92. The van der Waals surface area contributed by atoms with Crippen molar-refractivity contribution in [1.82, 2.24) is 19.9 Å². The number of likely N-dealkylation sites (tertiary alicyclic amines) is 1. The van der Waals surface area contributed by atoms with Gasteiger partial charge in [-0.2, -0.15) is 17.6 Å². The average molecular weight is 562 g/mol. The lowest BCUT2D eigenvalue weighted by Gasteiger charge is -2.39. The predicted octanol–water partition coefficient (Wildman–Crippen LogP) is 3.38. The van der Waals surface area contributed by atoms with Crippen LogP contribution < -0.4 is 16.0 Å². The maximum absolute atomic E-state index is 15.4. The maximum Gasteiger partial charge on any atom is 0.416 e. The Morgan fingerprint density at radius 3 is 2.50 bits per heavy atom. The van der Waals surface area contributed by atoms with E-state index in [9.17, 15) is 23.1 Å². The second-order valence-corrected chi connectivity index (χ2v) is 9.65. The first kappa shape index (κ1) is 29.2. The van der Waals surface area contributed by atoms with Gasteiger partial charge in [0.05, 0.1) is 11.7 Å². The van der Waals surface area contributed by atoms with Crippen LogP contribution in [-0.4, -0.2) is 63.1 Å². The molecule has 3 atom stereocenters. The lowest BCUT2D eigenvalue weighted by Crippen LogP contribution is -2.50. The molecule has 0 saturated carbocycles. The van der Waals surface area contributed by atoms with Crippen LogP contribution >= 0.6 is 0 Å². The number of β-amino-alcohol motifs (C(OH)–C–C–N with tert-alkyl or cyclic N) is 1. The second kappa shape index (κ2) is 12.6. The van der Waals surface area contributed by atoms with Gasteiger partial charge in [-0.25, -0.2) is 9.97 Å². The van der Waals surface area contributed by atoms with Crippen LogP contribution in [0, 0.1) is 11.7 Å². The van der Waals surface area contributed by atoms with Crippen molar-refractivity contribution in [1.29, 1.82) is 0 Å². The fourth-order valence-corrected chi connectivity index (χ4v) is 4.87. The molecule has 2 aromatic heterocycles. The van der Waals surface area contributed by atoms with Gasteiger partial charge in [-0.05, 0) is 55.3 Å². The van der Waals surface area contributed by atoms with Gasteiger partial charge in [0.2, 0.25) is 11.7 Å². The quantitative estimate of drug-likeness (QED) is 0.323. The number of hydrogen-bond acceptors (Lipinski definition) is 8. The summed E-state index contributed by atoms with van der Waals surface area (Å²) in [4.78, 5) is 27.6. The number of benzene rings is 1. The highest BCUT2D eigenvalue weighted by Crippen LogP contribution is 2.31. The minimum atomic E-state index is -4.43. The molecule has 13 heteroatoms. The van der Waals surface area contributed by atoms with Gasteiger partial charge >= 0.3 is 6.18 Å². The zero-order valence-corrected chi connectivity index (χ0v) is 21.9. The minimum absolute atomic E-state index is 0.0110. The molecule has 3 heterocycles. The third kappa shape index (κ3) is 6.83. The number of hydrogen-bond donors (Lipinski definition) is 3. The molecular formula is C27H31F4N7O2. The number of alkyl halides is 3. The number of carbonyl (C=O) groups excluding carboxylic acids is 1. The first-order chi connectivity index (χ1) is 19.1. The van der Waals surface area contributed by atoms with E-state index in [1.807, 2.05) is 4.90 Å². The standard InChI is InChI=1S/C27H31F4N7O2/c1-2-37(14-17-3-5-20(6-4-17)27(29,30)31)26-22(28)25(35-16-36-26)34-13-19-9-12-38(15-21(19)39)23(24(32)40)18-7-10-33-11-8-18/h3-8,10-11,16,19,21,23,39H,2,9,12-15H2,1H3,(H2,32,40)(H,34,35,36)/t19-,21+,23-/m1/s1. The van der Waals surface area contributed by atoms with Crippen molar-refractivity contribution in [2.75, 3.05) is 36.4 Å². The highest BCUT2D eigenvalue weighted by molar-refractivity contribution is 5.81. The van der Waals surface area contributed by atoms with Gasteiger partial charge in [0.1, 0.15) is 12.4 Å². The van der Waals surface area contributed by atoms with E-state index in [1.54, 1.807) is 36.4 Å². The lowest BCUT2D eigenvalue weighted by molar-refractivity contribution is -0.137. The van der Waals surface area contributed by atoms with Gasteiger partial charge in [0, 0.05) is 44.5 Å². The zero-order valence-electron chi connectivity index (χ0n) is 21.9. The lowest BCUT2D eigenvalue weighted by atomic mass is 9.91. The van der Waals surface area contributed by atoms with E-state index in [-0.39, 0.29) is 37.2 Å². The number of aliphatic hydroxyl groups is 1. The van der Waals surface area contributed by atoms with Crippen molar-refractivity contribution in [3.05, 3.63) is 77.6 Å². The van der Waals surface area contributed by atoms with E-state index in [0.29, 0.717) is 30.6 Å². The summed E-state index contributed by atoms with van der Waals surface area (Å²) in [7, 11) is 0. The van der Waals surface area contributed by atoms with Crippen molar-refractivity contribution < 1.29 is 27.5 Å². The minimum Gasteiger partial charge on any atom is -0.391 e. The molecule has 0 spiro atoms. The summed E-state index contributed by atoms with van der Waals surface area (Å²) in [5.41, 5.74) is 6.16. The van der Waals surface area contributed by atoms with E-state index < -0.39 is 35.6 Å². The summed E-state index contributed by atoms with van der Waals surface area (Å²) in [6, 6.07) is 7.42. The van der Waals surface area contributed by atoms with Crippen molar-refractivity contribution in [2.45, 2.75) is 38.2 Å². The number of piperidine rings is 1. The van der Waals surface area contributed by atoms with Gasteiger partial charge in [0.15, 0.2) is 11.6 Å². The van der Waals surface area contributed by atoms with Gasteiger partial charge in [-0.1, -0.05) is 12.1 Å². The summed E-state index contributed by atoms with van der Waals surface area (Å²) >= 11 is 0. The zero-order chi connectivity index (χ0) is 28.9. The van der Waals surface area contributed by atoms with E-state index >= 15 is 4.39 Å². The third-order valence-corrected chi connectivity index (χ3v) is 7.05.